The molecule has 0 spiro atoms. The number of aromatic nitrogens is 3. The van der Waals surface area contributed by atoms with Crippen LogP contribution in [0.1, 0.15) is 6.92 Å². The van der Waals surface area contributed by atoms with Crippen molar-refractivity contribution in [2.24, 2.45) is 0 Å². The second-order valence-electron chi connectivity index (χ2n) is 6.52. The molecule has 0 saturated carbocycles. The maximum Gasteiger partial charge on any atom is 0.233 e. The number of carbonyl (C=O) groups excluding carboxylic acids is 1. The van der Waals surface area contributed by atoms with Crippen molar-refractivity contribution in [3.8, 4) is 11.6 Å². The van der Waals surface area contributed by atoms with Crippen LogP contribution in [0.5, 0.6) is 0 Å². The molecule has 1 amide bonds. The van der Waals surface area contributed by atoms with E-state index >= 15 is 0 Å². The number of piperazine rings is 1. The Morgan fingerprint density at radius 2 is 1.86 bits per heavy atom. The van der Waals surface area contributed by atoms with Crippen molar-refractivity contribution in [3.05, 3.63) is 48.7 Å². The lowest BCUT2D eigenvalue weighted by molar-refractivity contribution is -0.128. The van der Waals surface area contributed by atoms with Crippen molar-refractivity contribution >= 4 is 23.4 Å². The summed E-state index contributed by atoms with van der Waals surface area (Å²) >= 11 is 1.43. The molecule has 1 saturated heterocycles. The molecule has 28 heavy (non-hydrogen) atoms. The molecule has 1 aliphatic heterocycles. The van der Waals surface area contributed by atoms with E-state index in [0.717, 1.165) is 37.9 Å². The van der Waals surface area contributed by atoms with Gasteiger partial charge in [0.05, 0.1) is 12.0 Å². The van der Waals surface area contributed by atoms with Gasteiger partial charge in [-0.05, 0) is 31.2 Å². The first-order chi connectivity index (χ1) is 13.8. The normalized spacial score (nSPS) is 14.5. The van der Waals surface area contributed by atoms with E-state index < -0.39 is 0 Å². The Morgan fingerprint density at radius 3 is 2.54 bits per heavy atom. The van der Waals surface area contributed by atoms with Crippen molar-refractivity contribution in [2.75, 3.05) is 36.8 Å². The number of furan rings is 1. The van der Waals surface area contributed by atoms with Crippen LogP contribution in [0.15, 0.2) is 58.3 Å². The van der Waals surface area contributed by atoms with Gasteiger partial charge in [-0.3, -0.25) is 9.36 Å². The third kappa shape index (κ3) is 3.91. The molecule has 0 aliphatic carbocycles. The topological polar surface area (TPSA) is 67.4 Å². The Labute approximate surface area is 168 Å². The van der Waals surface area contributed by atoms with Crippen LogP contribution in [0.2, 0.25) is 0 Å². The number of anilines is 1. The number of carbonyl (C=O) groups is 1. The van der Waals surface area contributed by atoms with Gasteiger partial charge in [0.2, 0.25) is 5.91 Å². The van der Waals surface area contributed by atoms with Crippen LogP contribution < -0.4 is 4.90 Å². The summed E-state index contributed by atoms with van der Waals surface area (Å²) < 4.78 is 7.41. The molecule has 1 fully saturated rings. The molecule has 2 aromatic heterocycles. The minimum atomic E-state index is 0.142. The SMILES string of the molecule is CCn1c(SCC(=O)N2CCN(c3ccccc3)CC2)nnc1-c1ccco1. The molecule has 3 heterocycles. The molecule has 3 aromatic rings. The maximum atomic E-state index is 12.7. The van der Waals surface area contributed by atoms with E-state index in [2.05, 4.69) is 27.2 Å². The molecule has 8 heteroatoms. The Kier molecular flexibility index (Phi) is 5.66. The smallest absolute Gasteiger partial charge is 0.233 e. The summed E-state index contributed by atoms with van der Waals surface area (Å²) in [6.07, 6.45) is 1.62. The van der Waals surface area contributed by atoms with Crippen LogP contribution in [0.25, 0.3) is 11.6 Å². The molecule has 4 rings (SSSR count). The van der Waals surface area contributed by atoms with Crippen molar-refractivity contribution in [3.63, 3.8) is 0 Å². The second-order valence-corrected chi connectivity index (χ2v) is 7.46. The van der Waals surface area contributed by atoms with Gasteiger partial charge in [0.1, 0.15) is 0 Å². The number of thioether (sulfide) groups is 1. The molecule has 1 aromatic carbocycles. The number of nitrogens with zero attached hydrogens (tertiary/aromatic N) is 5. The van der Waals surface area contributed by atoms with Crippen molar-refractivity contribution in [1.29, 1.82) is 0 Å². The van der Waals surface area contributed by atoms with Crippen LogP contribution in [0.4, 0.5) is 5.69 Å². The van der Waals surface area contributed by atoms with Gasteiger partial charge in [-0.15, -0.1) is 10.2 Å². The third-order valence-electron chi connectivity index (χ3n) is 4.85. The lowest BCUT2D eigenvalue weighted by atomic mass is 10.2. The van der Waals surface area contributed by atoms with Gasteiger partial charge in [0.25, 0.3) is 0 Å². The van der Waals surface area contributed by atoms with Gasteiger partial charge in [-0.1, -0.05) is 30.0 Å². The predicted octanol–water partition coefficient (Wildman–Crippen LogP) is 3.00. The molecule has 0 radical (unpaired) electrons. The molecular formula is C20H23N5O2S. The van der Waals surface area contributed by atoms with Crippen LogP contribution in [0, 0.1) is 0 Å². The Balaban J connectivity index is 1.33. The summed E-state index contributed by atoms with van der Waals surface area (Å²) in [7, 11) is 0. The standard InChI is InChI=1S/C20H23N5O2S/c1-2-25-19(17-9-6-14-27-17)21-22-20(25)28-15-18(26)24-12-10-23(11-13-24)16-7-4-3-5-8-16/h3-9,14H,2,10-13,15H2,1H3. The number of benzene rings is 1. The van der Waals surface area contributed by atoms with E-state index in [1.807, 2.05) is 46.7 Å². The largest absolute Gasteiger partial charge is 0.461 e. The highest BCUT2D eigenvalue weighted by atomic mass is 32.2. The molecule has 0 unspecified atom stereocenters. The lowest BCUT2D eigenvalue weighted by Gasteiger charge is -2.36. The second kappa shape index (κ2) is 8.52. The van der Waals surface area contributed by atoms with Gasteiger partial charge in [-0.25, -0.2) is 0 Å². The molecule has 7 nitrogen and oxygen atoms in total. The summed E-state index contributed by atoms with van der Waals surface area (Å²) in [5.74, 6) is 1.88. The fraction of sp³-hybridized carbons (Fsp3) is 0.350. The van der Waals surface area contributed by atoms with Gasteiger partial charge in [-0.2, -0.15) is 0 Å². The molecule has 146 valence electrons. The Morgan fingerprint density at radius 1 is 1.07 bits per heavy atom. The highest BCUT2D eigenvalue weighted by molar-refractivity contribution is 7.99. The van der Waals surface area contributed by atoms with E-state index in [9.17, 15) is 4.79 Å². The van der Waals surface area contributed by atoms with Crippen molar-refractivity contribution in [1.82, 2.24) is 19.7 Å². The number of hydrogen-bond donors (Lipinski definition) is 0. The molecule has 0 atom stereocenters. The van der Waals surface area contributed by atoms with Crippen molar-refractivity contribution < 1.29 is 9.21 Å². The van der Waals surface area contributed by atoms with Crippen LogP contribution in [-0.4, -0.2) is 57.5 Å². The fourth-order valence-electron chi connectivity index (χ4n) is 3.34. The number of para-hydroxylation sites is 1. The van der Waals surface area contributed by atoms with E-state index in [4.69, 9.17) is 4.42 Å². The molecular weight excluding hydrogens is 374 g/mol. The van der Waals surface area contributed by atoms with E-state index in [1.54, 1.807) is 6.26 Å². The Bertz CT molecular complexity index is 902. The molecule has 1 aliphatic rings. The van der Waals surface area contributed by atoms with Gasteiger partial charge in [0.15, 0.2) is 16.7 Å². The molecule has 0 bridgehead atoms. The van der Waals surface area contributed by atoms with E-state index in [-0.39, 0.29) is 5.91 Å². The quantitative estimate of drug-likeness (QED) is 0.596. The van der Waals surface area contributed by atoms with Crippen LogP contribution in [-0.2, 0) is 11.3 Å². The highest BCUT2D eigenvalue weighted by Gasteiger charge is 2.22. The van der Waals surface area contributed by atoms with E-state index in [1.165, 1.54) is 17.4 Å². The number of hydrogen-bond acceptors (Lipinski definition) is 6. The fourth-order valence-corrected chi connectivity index (χ4v) is 4.24. The van der Waals surface area contributed by atoms with Crippen LogP contribution >= 0.6 is 11.8 Å². The average molecular weight is 398 g/mol. The third-order valence-corrected chi connectivity index (χ3v) is 5.80. The first-order valence-corrected chi connectivity index (χ1v) is 10.4. The van der Waals surface area contributed by atoms with Gasteiger partial charge in [0, 0.05) is 38.4 Å². The lowest BCUT2D eigenvalue weighted by Crippen LogP contribution is -2.49. The van der Waals surface area contributed by atoms with Gasteiger partial charge < -0.3 is 14.2 Å². The molecule has 0 N–H and O–H groups in total. The predicted molar refractivity (Wildman–Crippen MR) is 109 cm³/mol. The van der Waals surface area contributed by atoms with Crippen LogP contribution in [0.3, 0.4) is 0 Å². The summed E-state index contributed by atoms with van der Waals surface area (Å²) in [6.45, 7) is 5.95. The zero-order valence-corrected chi connectivity index (χ0v) is 16.6. The van der Waals surface area contributed by atoms with E-state index in [0.29, 0.717) is 17.3 Å². The average Bonchev–Trinajstić information content (AvgIpc) is 3.42. The zero-order chi connectivity index (χ0) is 19.3. The summed E-state index contributed by atoms with van der Waals surface area (Å²) in [6, 6.07) is 14.0. The minimum absolute atomic E-state index is 0.142. The first kappa shape index (κ1) is 18.6. The number of rotatable bonds is 6. The van der Waals surface area contributed by atoms with Crippen molar-refractivity contribution in [2.45, 2.75) is 18.6 Å². The Hall–Kier alpha value is -2.74. The zero-order valence-electron chi connectivity index (χ0n) is 15.8. The summed E-state index contributed by atoms with van der Waals surface area (Å²) in [4.78, 5) is 16.9. The summed E-state index contributed by atoms with van der Waals surface area (Å²) in [5.41, 5.74) is 1.21. The monoisotopic (exact) mass is 397 g/mol. The summed E-state index contributed by atoms with van der Waals surface area (Å²) in [5, 5.41) is 9.22. The minimum Gasteiger partial charge on any atom is -0.461 e. The highest BCUT2D eigenvalue weighted by Crippen LogP contribution is 2.24. The maximum absolute atomic E-state index is 12.7. The first-order valence-electron chi connectivity index (χ1n) is 9.44. The number of amides is 1. The van der Waals surface area contributed by atoms with Gasteiger partial charge >= 0.3 is 0 Å².